The Bertz CT molecular complexity index is 612. The average molecular weight is 284 g/mol. The fraction of sp³-hybridized carbons (Fsp3) is 0.0833. The van der Waals surface area contributed by atoms with Crippen molar-refractivity contribution in [2.75, 3.05) is 0 Å². The van der Waals surface area contributed by atoms with Gasteiger partial charge in [-0.3, -0.25) is 0 Å². The van der Waals surface area contributed by atoms with Crippen molar-refractivity contribution in [1.82, 2.24) is 4.72 Å². The summed E-state index contributed by atoms with van der Waals surface area (Å²) in [4.78, 5) is 3.08. The lowest BCUT2D eigenvalue weighted by Gasteiger charge is -2.06. The third kappa shape index (κ3) is 3.29. The highest BCUT2D eigenvalue weighted by Crippen LogP contribution is 2.14. The van der Waals surface area contributed by atoms with Crippen LogP contribution in [0.25, 0.3) is 0 Å². The SMILES string of the molecule is O=S(=O)(NCc1cc[nH+]cc1)c1ccc(Cl)cc1. The van der Waals surface area contributed by atoms with E-state index in [1.165, 1.54) is 12.1 Å². The van der Waals surface area contributed by atoms with Crippen LogP contribution in [0.15, 0.2) is 53.7 Å². The van der Waals surface area contributed by atoms with Gasteiger partial charge in [-0.25, -0.2) is 18.1 Å². The van der Waals surface area contributed by atoms with Crippen molar-refractivity contribution in [3.63, 3.8) is 0 Å². The number of aromatic amines is 1. The molecule has 4 nitrogen and oxygen atoms in total. The third-order valence-corrected chi connectivity index (χ3v) is 4.05. The first-order chi connectivity index (χ1) is 8.58. The Morgan fingerprint density at radius 3 is 2.28 bits per heavy atom. The summed E-state index contributed by atoms with van der Waals surface area (Å²) >= 11 is 5.72. The molecule has 2 aromatic rings. The summed E-state index contributed by atoms with van der Waals surface area (Å²) in [7, 11) is -3.49. The van der Waals surface area contributed by atoms with Gasteiger partial charge in [0.25, 0.3) is 0 Å². The summed E-state index contributed by atoms with van der Waals surface area (Å²) in [5.74, 6) is 0. The highest BCUT2D eigenvalue weighted by Gasteiger charge is 2.13. The maximum Gasteiger partial charge on any atom is 0.240 e. The number of sulfonamides is 1. The summed E-state index contributed by atoms with van der Waals surface area (Å²) < 4.78 is 26.4. The number of pyridine rings is 1. The Balaban J connectivity index is 2.11. The zero-order valence-corrected chi connectivity index (χ0v) is 11.0. The van der Waals surface area contributed by atoms with E-state index in [9.17, 15) is 8.42 Å². The minimum absolute atomic E-state index is 0.203. The summed E-state index contributed by atoms with van der Waals surface area (Å²) in [5, 5.41) is 0.507. The normalized spacial score (nSPS) is 11.4. The molecule has 0 aliphatic heterocycles. The number of halogens is 1. The molecule has 6 heteroatoms. The van der Waals surface area contributed by atoms with Gasteiger partial charge in [0, 0.05) is 23.7 Å². The Morgan fingerprint density at radius 2 is 1.67 bits per heavy atom. The number of hydrogen-bond acceptors (Lipinski definition) is 2. The molecule has 18 heavy (non-hydrogen) atoms. The van der Waals surface area contributed by atoms with Gasteiger partial charge in [-0.1, -0.05) is 11.6 Å². The predicted octanol–water partition coefficient (Wildman–Crippen LogP) is 1.63. The van der Waals surface area contributed by atoms with Gasteiger partial charge in [-0.2, -0.15) is 0 Å². The van der Waals surface area contributed by atoms with Crippen LogP contribution in [0, 0.1) is 0 Å². The van der Waals surface area contributed by atoms with Crippen LogP contribution in [-0.2, 0) is 16.6 Å². The van der Waals surface area contributed by atoms with Gasteiger partial charge in [-0.15, -0.1) is 0 Å². The van der Waals surface area contributed by atoms with Gasteiger partial charge >= 0.3 is 0 Å². The smallest absolute Gasteiger partial charge is 0.218 e. The molecule has 94 valence electrons. The summed E-state index contributed by atoms with van der Waals surface area (Å²) in [5.41, 5.74) is 0.881. The Kier molecular flexibility index (Phi) is 3.96. The van der Waals surface area contributed by atoms with E-state index in [-0.39, 0.29) is 11.4 Å². The second-order valence-electron chi connectivity index (χ2n) is 3.69. The monoisotopic (exact) mass is 283 g/mol. The molecule has 2 rings (SSSR count). The van der Waals surface area contributed by atoms with Crippen molar-refractivity contribution >= 4 is 21.6 Å². The Morgan fingerprint density at radius 1 is 1.06 bits per heavy atom. The molecule has 1 aromatic heterocycles. The minimum Gasteiger partial charge on any atom is -0.218 e. The van der Waals surface area contributed by atoms with Crippen LogP contribution < -0.4 is 9.71 Å². The van der Waals surface area contributed by atoms with E-state index in [0.29, 0.717) is 5.02 Å². The summed E-state index contributed by atoms with van der Waals surface area (Å²) in [6.45, 7) is 0.250. The maximum absolute atomic E-state index is 12.0. The molecule has 0 unspecified atom stereocenters. The van der Waals surface area contributed by atoms with Gasteiger partial charge in [0.1, 0.15) is 0 Å². The molecule has 1 heterocycles. The second kappa shape index (κ2) is 5.48. The van der Waals surface area contributed by atoms with Crippen LogP contribution in [0.5, 0.6) is 0 Å². The first kappa shape index (κ1) is 13.0. The summed E-state index contributed by atoms with van der Waals surface area (Å²) in [6.07, 6.45) is 3.48. The van der Waals surface area contributed by atoms with Crippen LogP contribution in [0.2, 0.25) is 5.02 Å². The van der Waals surface area contributed by atoms with Gasteiger partial charge < -0.3 is 0 Å². The highest BCUT2D eigenvalue weighted by molar-refractivity contribution is 7.89. The molecular weight excluding hydrogens is 272 g/mol. The fourth-order valence-corrected chi connectivity index (χ4v) is 2.56. The molecule has 0 radical (unpaired) electrons. The molecule has 0 atom stereocenters. The lowest BCUT2D eigenvalue weighted by atomic mass is 10.3. The van der Waals surface area contributed by atoms with Crippen LogP contribution in [0.1, 0.15) is 5.56 Å². The largest absolute Gasteiger partial charge is 0.240 e. The third-order valence-electron chi connectivity index (χ3n) is 2.38. The molecule has 0 fully saturated rings. The molecule has 0 amide bonds. The Hall–Kier alpha value is -1.43. The first-order valence-corrected chi connectivity index (χ1v) is 7.14. The molecular formula is C12H12ClN2O2S+. The van der Waals surface area contributed by atoms with Gasteiger partial charge in [0.15, 0.2) is 12.4 Å². The predicted molar refractivity (Wildman–Crippen MR) is 68.5 cm³/mol. The topological polar surface area (TPSA) is 60.3 Å². The number of hydrogen-bond donors (Lipinski definition) is 1. The van der Waals surface area contributed by atoms with Crippen LogP contribution in [0.3, 0.4) is 0 Å². The van der Waals surface area contributed by atoms with Crippen molar-refractivity contribution < 1.29 is 13.4 Å². The van der Waals surface area contributed by atoms with Crippen molar-refractivity contribution in [3.05, 3.63) is 59.4 Å². The number of benzene rings is 1. The van der Waals surface area contributed by atoms with E-state index in [1.807, 2.05) is 12.1 Å². The highest BCUT2D eigenvalue weighted by atomic mass is 35.5. The maximum atomic E-state index is 12.0. The Labute approximate surface area is 111 Å². The molecule has 2 N–H and O–H groups in total. The van der Waals surface area contributed by atoms with E-state index in [0.717, 1.165) is 5.56 Å². The van der Waals surface area contributed by atoms with Crippen molar-refractivity contribution in [2.45, 2.75) is 11.4 Å². The van der Waals surface area contributed by atoms with Crippen molar-refractivity contribution in [1.29, 1.82) is 0 Å². The molecule has 0 aliphatic carbocycles. The molecule has 0 bridgehead atoms. The number of nitrogens with one attached hydrogen (secondary N) is 2. The molecule has 0 saturated carbocycles. The van der Waals surface area contributed by atoms with Crippen LogP contribution in [-0.4, -0.2) is 8.42 Å². The quantitative estimate of drug-likeness (QED) is 0.927. The van der Waals surface area contributed by atoms with E-state index in [1.54, 1.807) is 24.5 Å². The number of rotatable bonds is 4. The minimum atomic E-state index is -3.49. The van der Waals surface area contributed by atoms with E-state index < -0.39 is 10.0 Å². The molecule has 1 aromatic carbocycles. The van der Waals surface area contributed by atoms with E-state index in [4.69, 9.17) is 11.6 Å². The number of aromatic nitrogens is 1. The van der Waals surface area contributed by atoms with Gasteiger partial charge in [-0.05, 0) is 29.8 Å². The second-order valence-corrected chi connectivity index (χ2v) is 5.89. The zero-order chi connectivity index (χ0) is 13.0. The molecule has 0 spiro atoms. The number of H-pyrrole nitrogens is 1. The lowest BCUT2D eigenvalue weighted by molar-refractivity contribution is -0.378. The van der Waals surface area contributed by atoms with Gasteiger partial charge in [0.2, 0.25) is 10.0 Å². The fourth-order valence-electron chi connectivity index (χ4n) is 1.41. The average Bonchev–Trinajstić information content (AvgIpc) is 2.38. The van der Waals surface area contributed by atoms with Gasteiger partial charge in [0.05, 0.1) is 4.90 Å². The van der Waals surface area contributed by atoms with E-state index >= 15 is 0 Å². The van der Waals surface area contributed by atoms with E-state index in [2.05, 4.69) is 9.71 Å². The lowest BCUT2D eigenvalue weighted by Crippen LogP contribution is -2.23. The van der Waals surface area contributed by atoms with Crippen molar-refractivity contribution in [3.8, 4) is 0 Å². The first-order valence-electron chi connectivity index (χ1n) is 5.28. The van der Waals surface area contributed by atoms with Crippen LogP contribution in [0.4, 0.5) is 0 Å². The molecule has 0 aliphatic rings. The molecule has 0 saturated heterocycles. The van der Waals surface area contributed by atoms with Crippen molar-refractivity contribution in [2.24, 2.45) is 0 Å². The van der Waals surface area contributed by atoms with Crippen LogP contribution >= 0.6 is 11.6 Å². The summed E-state index contributed by atoms with van der Waals surface area (Å²) in [6, 6.07) is 9.67. The zero-order valence-electron chi connectivity index (χ0n) is 9.43. The standard InChI is InChI=1S/C12H11ClN2O2S/c13-11-1-3-12(4-2-11)18(16,17)15-9-10-5-7-14-8-6-10/h1-8,15H,9H2/p+1.